The van der Waals surface area contributed by atoms with Gasteiger partial charge in [0.25, 0.3) is 0 Å². The number of fused-ring (bicyclic) bond motifs is 2. The number of aliphatic hydroxyl groups is 1. The molecule has 1 saturated carbocycles. The Morgan fingerprint density at radius 3 is 2.81 bits per heavy atom. The largest absolute Gasteiger partial charge is 0.489 e. The van der Waals surface area contributed by atoms with Crippen molar-refractivity contribution in [3.63, 3.8) is 0 Å². The maximum absolute atomic E-state index is 13.0. The minimum atomic E-state index is -0.609. The number of amides is 1. The van der Waals surface area contributed by atoms with Crippen LogP contribution in [-0.4, -0.2) is 34.6 Å². The molecule has 2 heterocycles. The topological polar surface area (TPSA) is 80.0 Å². The zero-order chi connectivity index (χ0) is 25.3. The molecule has 1 aliphatic heterocycles. The van der Waals surface area contributed by atoms with Crippen LogP contribution in [0.1, 0.15) is 55.2 Å². The highest BCUT2D eigenvalue weighted by Crippen LogP contribution is 2.40. The summed E-state index contributed by atoms with van der Waals surface area (Å²) in [7, 11) is 0. The van der Waals surface area contributed by atoms with Crippen LogP contribution in [0.15, 0.2) is 51.7 Å². The average Bonchev–Trinajstić information content (AvgIpc) is 2.87. The summed E-state index contributed by atoms with van der Waals surface area (Å²) in [5.41, 5.74) is 1.80. The first-order valence-corrected chi connectivity index (χ1v) is 13.1. The third-order valence-electron chi connectivity index (χ3n) is 7.95. The molecular formula is C29H32ClNO5. The Bertz CT molecular complexity index is 1320. The number of aryl methyl sites for hydroxylation is 1. The summed E-state index contributed by atoms with van der Waals surface area (Å²) in [5.74, 6) is 0.802. The van der Waals surface area contributed by atoms with Gasteiger partial charge in [0.1, 0.15) is 17.9 Å². The van der Waals surface area contributed by atoms with Crippen LogP contribution >= 0.6 is 11.6 Å². The molecule has 2 aromatic carbocycles. The normalized spacial score (nSPS) is 21.9. The first-order chi connectivity index (χ1) is 17.3. The van der Waals surface area contributed by atoms with Crippen molar-refractivity contribution in [1.82, 2.24) is 4.90 Å². The van der Waals surface area contributed by atoms with Gasteiger partial charge in [-0.15, -0.1) is 0 Å². The monoisotopic (exact) mass is 509 g/mol. The molecule has 1 saturated heterocycles. The van der Waals surface area contributed by atoms with E-state index in [0.29, 0.717) is 54.5 Å². The number of likely N-dealkylation sites (tertiary alicyclic amines) is 1. The van der Waals surface area contributed by atoms with Crippen LogP contribution in [0.3, 0.4) is 0 Å². The lowest BCUT2D eigenvalue weighted by Gasteiger charge is -2.47. The van der Waals surface area contributed by atoms with Gasteiger partial charge >= 0.3 is 5.63 Å². The van der Waals surface area contributed by atoms with Crippen LogP contribution in [0.5, 0.6) is 5.75 Å². The molecule has 0 unspecified atom stereocenters. The summed E-state index contributed by atoms with van der Waals surface area (Å²) in [6, 6.07) is 12.9. The number of benzene rings is 2. The number of nitrogens with zero attached hydrogens (tertiary/aromatic N) is 1. The maximum Gasteiger partial charge on any atom is 0.339 e. The quantitative estimate of drug-likeness (QED) is 0.449. The number of hydrogen-bond donors (Lipinski definition) is 1. The maximum atomic E-state index is 13.0. The summed E-state index contributed by atoms with van der Waals surface area (Å²) in [5, 5.41) is 12.4. The van der Waals surface area contributed by atoms with Gasteiger partial charge in [0, 0.05) is 47.5 Å². The van der Waals surface area contributed by atoms with Crippen LogP contribution < -0.4 is 10.4 Å². The molecule has 1 amide bonds. The first-order valence-electron chi connectivity index (χ1n) is 12.8. The van der Waals surface area contributed by atoms with Gasteiger partial charge in [-0.1, -0.05) is 36.6 Å². The van der Waals surface area contributed by atoms with E-state index in [-0.39, 0.29) is 18.2 Å². The number of ether oxygens (including phenoxy) is 1. The molecule has 190 valence electrons. The Balaban J connectivity index is 1.25. The highest BCUT2D eigenvalue weighted by Gasteiger charge is 2.43. The van der Waals surface area contributed by atoms with Gasteiger partial charge in [-0.3, -0.25) is 4.79 Å². The van der Waals surface area contributed by atoms with Crippen LogP contribution in [0.25, 0.3) is 11.0 Å². The van der Waals surface area contributed by atoms with E-state index in [0.717, 1.165) is 42.2 Å². The molecule has 36 heavy (non-hydrogen) atoms. The number of carbonyl (C=O) groups is 1. The standard InChI is InChI=1S/C29H32ClNO5/c1-19-24-10-9-23(35-18-20-5-7-22(30)8-6-20)16-26(24)36-28(33)25(19)11-12-27(32)31-15-14-29(34)13-3-2-4-21(29)17-31/h5-10,16,21,34H,2-4,11-15,17-18H2,1H3/t21-,29+/m0/s1. The number of rotatable bonds is 6. The van der Waals surface area contributed by atoms with Gasteiger partial charge in [-0.25, -0.2) is 4.79 Å². The number of piperidine rings is 1. The lowest BCUT2D eigenvalue weighted by Crippen LogP contribution is -2.54. The van der Waals surface area contributed by atoms with Crippen molar-refractivity contribution in [1.29, 1.82) is 0 Å². The van der Waals surface area contributed by atoms with Crippen molar-refractivity contribution in [2.24, 2.45) is 5.92 Å². The fourth-order valence-corrected chi connectivity index (χ4v) is 5.81. The molecule has 2 fully saturated rings. The second-order valence-electron chi connectivity index (χ2n) is 10.2. The Morgan fingerprint density at radius 1 is 1.19 bits per heavy atom. The molecule has 5 rings (SSSR count). The fraction of sp³-hybridized carbons (Fsp3) is 0.448. The van der Waals surface area contributed by atoms with E-state index in [9.17, 15) is 14.7 Å². The molecule has 3 aromatic rings. The number of halogens is 1. The van der Waals surface area contributed by atoms with Crippen molar-refractivity contribution < 1.29 is 19.1 Å². The summed E-state index contributed by atoms with van der Waals surface area (Å²) in [6.45, 7) is 3.46. The molecule has 0 radical (unpaired) electrons. The fourth-order valence-electron chi connectivity index (χ4n) is 5.69. The van der Waals surface area contributed by atoms with Crippen LogP contribution in [0.4, 0.5) is 0 Å². The predicted octanol–water partition coefficient (Wildman–Crippen LogP) is 5.42. The third kappa shape index (κ3) is 5.16. The van der Waals surface area contributed by atoms with Crippen LogP contribution in [0, 0.1) is 12.8 Å². The van der Waals surface area contributed by atoms with Gasteiger partial charge in [-0.05, 0) is 68.0 Å². The van der Waals surface area contributed by atoms with Crippen molar-refractivity contribution in [3.05, 3.63) is 74.6 Å². The van der Waals surface area contributed by atoms with Gasteiger partial charge in [0.05, 0.1) is 5.60 Å². The highest BCUT2D eigenvalue weighted by atomic mass is 35.5. The molecular weight excluding hydrogens is 478 g/mol. The van der Waals surface area contributed by atoms with Crippen molar-refractivity contribution in [2.75, 3.05) is 13.1 Å². The van der Waals surface area contributed by atoms with Crippen molar-refractivity contribution in [2.45, 2.75) is 64.1 Å². The van der Waals surface area contributed by atoms with Crippen molar-refractivity contribution >= 4 is 28.5 Å². The SMILES string of the molecule is Cc1c(CCC(=O)N2CC[C@]3(O)CCCC[C@H]3C2)c(=O)oc2cc(OCc3ccc(Cl)cc3)ccc12. The molecule has 6 nitrogen and oxygen atoms in total. The van der Waals surface area contributed by atoms with Gasteiger partial charge in [0.2, 0.25) is 5.91 Å². The molecule has 1 N–H and O–H groups in total. The Kier molecular flexibility index (Phi) is 7.09. The minimum absolute atomic E-state index is 0.0347. The summed E-state index contributed by atoms with van der Waals surface area (Å²) < 4.78 is 11.5. The highest BCUT2D eigenvalue weighted by molar-refractivity contribution is 6.30. The lowest BCUT2D eigenvalue weighted by molar-refractivity contribution is -0.143. The zero-order valence-electron chi connectivity index (χ0n) is 20.6. The van der Waals surface area contributed by atoms with E-state index in [1.54, 1.807) is 6.07 Å². The third-order valence-corrected chi connectivity index (χ3v) is 8.20. The Hall–Kier alpha value is -2.83. The van der Waals surface area contributed by atoms with E-state index in [1.165, 1.54) is 0 Å². The van der Waals surface area contributed by atoms with Crippen LogP contribution in [0.2, 0.25) is 5.02 Å². The molecule has 1 aliphatic carbocycles. The lowest BCUT2D eigenvalue weighted by atomic mass is 9.71. The summed E-state index contributed by atoms with van der Waals surface area (Å²) in [6.07, 6.45) is 5.22. The molecule has 0 spiro atoms. The first kappa shape index (κ1) is 24.8. The molecule has 0 bridgehead atoms. The van der Waals surface area contributed by atoms with Gasteiger partial charge < -0.3 is 19.2 Å². The predicted molar refractivity (Wildman–Crippen MR) is 139 cm³/mol. The molecule has 1 aromatic heterocycles. The summed E-state index contributed by atoms with van der Waals surface area (Å²) >= 11 is 5.93. The van der Waals surface area contributed by atoms with Crippen LogP contribution in [-0.2, 0) is 17.8 Å². The van der Waals surface area contributed by atoms with E-state index < -0.39 is 11.2 Å². The summed E-state index contributed by atoms with van der Waals surface area (Å²) in [4.78, 5) is 27.7. The van der Waals surface area contributed by atoms with E-state index in [2.05, 4.69) is 0 Å². The molecule has 2 aliphatic rings. The smallest absolute Gasteiger partial charge is 0.339 e. The molecule has 2 atom stereocenters. The Labute approximate surface area is 215 Å². The number of hydrogen-bond acceptors (Lipinski definition) is 5. The second kappa shape index (κ2) is 10.3. The minimum Gasteiger partial charge on any atom is -0.489 e. The second-order valence-corrected chi connectivity index (χ2v) is 10.6. The van der Waals surface area contributed by atoms with Gasteiger partial charge in [0.15, 0.2) is 0 Å². The van der Waals surface area contributed by atoms with E-state index in [4.69, 9.17) is 20.8 Å². The average molecular weight is 510 g/mol. The molecule has 7 heteroatoms. The number of carbonyl (C=O) groups excluding carboxylic acids is 1. The van der Waals surface area contributed by atoms with Gasteiger partial charge in [-0.2, -0.15) is 0 Å². The van der Waals surface area contributed by atoms with Crippen molar-refractivity contribution in [3.8, 4) is 5.75 Å². The Morgan fingerprint density at radius 2 is 2.00 bits per heavy atom. The van der Waals surface area contributed by atoms with E-state index in [1.807, 2.05) is 48.2 Å². The van der Waals surface area contributed by atoms with E-state index >= 15 is 0 Å². The zero-order valence-corrected chi connectivity index (χ0v) is 21.4.